The molecule has 2 aliphatic carbocycles. The van der Waals surface area contributed by atoms with Crippen LogP contribution >= 0.6 is 0 Å². The highest BCUT2D eigenvalue weighted by atomic mass is 16.6. The lowest BCUT2D eigenvalue weighted by Crippen LogP contribution is -2.00. The summed E-state index contributed by atoms with van der Waals surface area (Å²) in [4.78, 5) is 0. The van der Waals surface area contributed by atoms with Gasteiger partial charge in [0.15, 0.2) is 0 Å². The van der Waals surface area contributed by atoms with Gasteiger partial charge in [-0.3, -0.25) is 0 Å². The van der Waals surface area contributed by atoms with Gasteiger partial charge in [-0.25, -0.2) is 0 Å². The van der Waals surface area contributed by atoms with Crippen molar-refractivity contribution in [3.63, 3.8) is 0 Å². The molecule has 2 atom stereocenters. The molecule has 6 aromatic carbocycles. The van der Waals surface area contributed by atoms with Gasteiger partial charge in [0.1, 0.15) is 30.8 Å². The topological polar surface area (TPSA) is 31.0 Å². The summed E-state index contributed by atoms with van der Waals surface area (Å²) in [6.45, 7) is 5.54. The van der Waals surface area contributed by atoms with Gasteiger partial charge in [0.05, 0.1) is 6.10 Å². The Morgan fingerprint density at radius 2 is 1.16 bits per heavy atom. The summed E-state index contributed by atoms with van der Waals surface area (Å²) in [5, 5.41) is 0. The number of rotatable bonds is 8. The van der Waals surface area contributed by atoms with Crippen molar-refractivity contribution < 1.29 is 14.2 Å². The first-order valence-corrected chi connectivity index (χ1v) is 17.2. The molecule has 0 saturated carbocycles. The molecular formula is C46H40O3. The first-order chi connectivity index (χ1) is 24.1. The lowest BCUT2D eigenvalue weighted by molar-refractivity contribution is 0.304. The molecule has 1 aliphatic heterocycles. The third-order valence-corrected chi connectivity index (χ3v) is 10.0. The van der Waals surface area contributed by atoms with E-state index < -0.39 is 0 Å². The maximum absolute atomic E-state index is 6.10. The highest BCUT2D eigenvalue weighted by Crippen LogP contribution is 2.49. The van der Waals surface area contributed by atoms with E-state index in [1.165, 1.54) is 66.8 Å². The summed E-state index contributed by atoms with van der Waals surface area (Å²) in [6.07, 6.45) is 7.19. The molecule has 0 unspecified atom stereocenters. The Bertz CT molecular complexity index is 2130. The fourth-order valence-corrected chi connectivity index (χ4v) is 7.10. The Hall–Kier alpha value is -5.38. The van der Waals surface area contributed by atoms with E-state index in [1.54, 1.807) is 0 Å². The Balaban J connectivity index is 0.000000142. The SMILES string of the molecule is Cc1c(COc2ccc3c(c2)CC=C3)cccc1-c1ccccc1.Cc1c(COc2ccc3c(c2)C[C@@H]2O[C@H]32)cccc1-c1ccccc1. The number of benzene rings is 6. The maximum Gasteiger partial charge on any atom is 0.120 e. The Morgan fingerprint density at radius 1 is 0.592 bits per heavy atom. The molecule has 6 aromatic rings. The minimum absolute atomic E-state index is 0.355. The van der Waals surface area contributed by atoms with E-state index in [4.69, 9.17) is 14.2 Å². The summed E-state index contributed by atoms with van der Waals surface area (Å²) >= 11 is 0. The summed E-state index contributed by atoms with van der Waals surface area (Å²) in [5.41, 5.74) is 15.5. The molecule has 0 N–H and O–H groups in total. The van der Waals surface area contributed by atoms with Crippen LogP contribution in [-0.4, -0.2) is 6.10 Å². The molecule has 9 rings (SSSR count). The third kappa shape index (κ3) is 6.68. The lowest BCUT2D eigenvalue weighted by atomic mass is 9.97. The molecule has 1 heterocycles. The largest absolute Gasteiger partial charge is 0.489 e. The molecule has 3 nitrogen and oxygen atoms in total. The molecular weight excluding hydrogens is 601 g/mol. The smallest absolute Gasteiger partial charge is 0.120 e. The van der Waals surface area contributed by atoms with E-state index in [9.17, 15) is 0 Å². The lowest BCUT2D eigenvalue weighted by Gasteiger charge is -2.14. The molecule has 0 amide bonds. The summed E-state index contributed by atoms with van der Waals surface area (Å²) in [6, 6.07) is 46.7. The van der Waals surface area contributed by atoms with Gasteiger partial charge in [-0.1, -0.05) is 121 Å². The van der Waals surface area contributed by atoms with Gasteiger partial charge in [0.2, 0.25) is 0 Å². The van der Waals surface area contributed by atoms with E-state index in [0.29, 0.717) is 25.4 Å². The zero-order valence-corrected chi connectivity index (χ0v) is 28.1. The fourth-order valence-electron chi connectivity index (χ4n) is 7.10. The number of fused-ring (bicyclic) bond motifs is 4. The minimum Gasteiger partial charge on any atom is -0.489 e. The molecule has 0 radical (unpaired) electrons. The van der Waals surface area contributed by atoms with Crippen molar-refractivity contribution in [2.45, 2.75) is 52.1 Å². The van der Waals surface area contributed by atoms with E-state index in [-0.39, 0.29) is 0 Å². The number of ether oxygens (including phenoxy) is 3. The zero-order valence-electron chi connectivity index (χ0n) is 28.1. The van der Waals surface area contributed by atoms with E-state index in [2.05, 4.69) is 159 Å². The first-order valence-electron chi connectivity index (χ1n) is 17.2. The molecule has 49 heavy (non-hydrogen) atoms. The van der Waals surface area contributed by atoms with E-state index in [1.807, 2.05) is 0 Å². The highest BCUT2D eigenvalue weighted by Gasteiger charge is 2.47. The van der Waals surface area contributed by atoms with Crippen molar-refractivity contribution in [1.82, 2.24) is 0 Å². The number of hydrogen-bond acceptors (Lipinski definition) is 3. The molecule has 1 saturated heterocycles. The first kappa shape index (κ1) is 30.9. The van der Waals surface area contributed by atoms with Crippen LogP contribution in [0.5, 0.6) is 11.5 Å². The second-order valence-corrected chi connectivity index (χ2v) is 13.1. The normalized spacial score (nSPS) is 16.2. The van der Waals surface area contributed by atoms with Crippen LogP contribution in [0.25, 0.3) is 28.3 Å². The Kier molecular flexibility index (Phi) is 8.60. The van der Waals surface area contributed by atoms with Crippen LogP contribution in [-0.2, 0) is 30.8 Å². The van der Waals surface area contributed by atoms with Crippen LogP contribution in [0, 0.1) is 13.8 Å². The average molecular weight is 641 g/mol. The van der Waals surface area contributed by atoms with Crippen molar-refractivity contribution >= 4 is 6.08 Å². The maximum atomic E-state index is 6.10. The van der Waals surface area contributed by atoms with Crippen LogP contribution in [0.4, 0.5) is 0 Å². The van der Waals surface area contributed by atoms with Crippen molar-refractivity contribution in [3.05, 3.63) is 184 Å². The second-order valence-electron chi connectivity index (χ2n) is 13.1. The van der Waals surface area contributed by atoms with Crippen LogP contribution < -0.4 is 9.47 Å². The van der Waals surface area contributed by atoms with Crippen molar-refractivity contribution in [2.24, 2.45) is 0 Å². The highest BCUT2D eigenvalue weighted by molar-refractivity contribution is 5.69. The van der Waals surface area contributed by atoms with Gasteiger partial charge in [-0.05, 0) is 111 Å². The van der Waals surface area contributed by atoms with Gasteiger partial charge in [0.25, 0.3) is 0 Å². The van der Waals surface area contributed by atoms with E-state index in [0.717, 1.165) is 24.3 Å². The monoisotopic (exact) mass is 640 g/mol. The van der Waals surface area contributed by atoms with Crippen LogP contribution in [0.2, 0.25) is 0 Å². The Labute approximate surface area is 289 Å². The van der Waals surface area contributed by atoms with Crippen molar-refractivity contribution in [2.75, 3.05) is 0 Å². The zero-order chi connectivity index (χ0) is 33.2. The molecule has 0 aromatic heterocycles. The van der Waals surface area contributed by atoms with Gasteiger partial charge >= 0.3 is 0 Å². The molecule has 0 spiro atoms. The second kappa shape index (κ2) is 13.6. The number of hydrogen-bond donors (Lipinski definition) is 0. The summed E-state index contributed by atoms with van der Waals surface area (Å²) in [7, 11) is 0. The molecule has 3 aliphatic rings. The summed E-state index contributed by atoms with van der Waals surface area (Å²) in [5.74, 6) is 1.89. The molecule has 3 heteroatoms. The van der Waals surface area contributed by atoms with Crippen molar-refractivity contribution in [3.8, 4) is 33.8 Å². The van der Waals surface area contributed by atoms with Crippen LogP contribution in [0.1, 0.15) is 50.6 Å². The van der Waals surface area contributed by atoms with Gasteiger partial charge in [0, 0.05) is 6.42 Å². The number of epoxide rings is 1. The van der Waals surface area contributed by atoms with Gasteiger partial charge in [-0.15, -0.1) is 0 Å². The molecule has 1 fully saturated rings. The van der Waals surface area contributed by atoms with Crippen LogP contribution in [0.3, 0.4) is 0 Å². The third-order valence-electron chi connectivity index (χ3n) is 10.0. The van der Waals surface area contributed by atoms with Crippen molar-refractivity contribution in [1.29, 1.82) is 0 Å². The number of allylic oxidation sites excluding steroid dienone is 1. The van der Waals surface area contributed by atoms with Gasteiger partial charge in [-0.2, -0.15) is 0 Å². The quantitative estimate of drug-likeness (QED) is 0.155. The predicted molar refractivity (Wildman–Crippen MR) is 199 cm³/mol. The van der Waals surface area contributed by atoms with E-state index >= 15 is 0 Å². The summed E-state index contributed by atoms with van der Waals surface area (Å²) < 4.78 is 17.7. The standard InChI is InChI=1S/C23H20O2.C23H20O/c1-15-17(8-5-9-20(15)16-6-3-2-4-7-16)14-24-19-10-11-21-18(12-19)13-22-23(21)25-22;1-17-21(11-6-12-23(17)19-7-3-2-4-8-19)16-24-22-14-13-18-9-5-10-20(18)15-22/h2-12,22-23H,13-14H2,1H3;2-9,11-15H,10,16H2,1H3/t22-,23+;/m0./s1. The molecule has 242 valence electrons. The molecule has 0 bridgehead atoms. The fraction of sp³-hybridized carbons (Fsp3) is 0.174. The van der Waals surface area contributed by atoms with Gasteiger partial charge < -0.3 is 14.2 Å². The Morgan fingerprint density at radius 3 is 1.78 bits per heavy atom. The predicted octanol–water partition coefficient (Wildman–Crippen LogP) is 11.0. The minimum atomic E-state index is 0.355. The van der Waals surface area contributed by atoms with Crippen LogP contribution in [0.15, 0.2) is 140 Å². The average Bonchev–Trinajstić information content (AvgIpc) is 3.58.